The number of carbonyl (C=O) groups excluding carboxylic acids is 1. The summed E-state index contributed by atoms with van der Waals surface area (Å²) in [5.41, 5.74) is 1.50. The highest BCUT2D eigenvalue weighted by atomic mass is 32.2. The Labute approximate surface area is 193 Å². The van der Waals surface area contributed by atoms with Gasteiger partial charge in [0.05, 0.1) is 23.7 Å². The van der Waals surface area contributed by atoms with E-state index < -0.39 is 15.8 Å². The molecule has 0 bridgehead atoms. The zero-order valence-electron chi connectivity index (χ0n) is 18.4. The summed E-state index contributed by atoms with van der Waals surface area (Å²) < 4.78 is 46.5. The fraction of sp³-hybridized carbons (Fsp3) is 0.435. The lowest BCUT2D eigenvalue weighted by molar-refractivity contribution is 0.0383. The lowest BCUT2D eigenvalue weighted by Crippen LogP contribution is -2.41. The Morgan fingerprint density at radius 3 is 2.39 bits per heavy atom. The van der Waals surface area contributed by atoms with Crippen molar-refractivity contribution in [3.63, 3.8) is 0 Å². The third kappa shape index (κ3) is 6.01. The van der Waals surface area contributed by atoms with Gasteiger partial charge >= 0.3 is 0 Å². The number of hydrogen-bond donors (Lipinski definition) is 2. The molecule has 10 heteroatoms. The number of carbonyl (C=O) groups is 1. The number of nitrogens with one attached hydrogen (secondary N) is 2. The Morgan fingerprint density at radius 1 is 1.00 bits per heavy atom. The van der Waals surface area contributed by atoms with E-state index in [1.54, 1.807) is 18.2 Å². The van der Waals surface area contributed by atoms with Gasteiger partial charge in [-0.25, -0.2) is 12.8 Å². The van der Waals surface area contributed by atoms with E-state index in [2.05, 4.69) is 19.8 Å². The summed E-state index contributed by atoms with van der Waals surface area (Å²) in [4.78, 5) is 17.4. The van der Waals surface area contributed by atoms with E-state index in [0.29, 0.717) is 25.3 Å². The lowest BCUT2D eigenvalue weighted by Gasteiger charge is -2.26. The van der Waals surface area contributed by atoms with Crippen LogP contribution in [0.25, 0.3) is 0 Å². The van der Waals surface area contributed by atoms with E-state index in [4.69, 9.17) is 4.74 Å². The van der Waals surface area contributed by atoms with Crippen molar-refractivity contribution in [1.29, 1.82) is 0 Å². The van der Waals surface area contributed by atoms with Crippen LogP contribution in [0.4, 0.5) is 15.8 Å². The van der Waals surface area contributed by atoms with Crippen molar-refractivity contribution in [3.8, 4) is 0 Å². The summed E-state index contributed by atoms with van der Waals surface area (Å²) in [7, 11) is -3.92. The quantitative estimate of drug-likeness (QED) is 0.608. The third-order valence-corrected chi connectivity index (χ3v) is 7.28. The average Bonchev–Trinajstić information content (AvgIpc) is 3.34. The van der Waals surface area contributed by atoms with Crippen LogP contribution < -0.4 is 14.9 Å². The van der Waals surface area contributed by atoms with E-state index in [9.17, 15) is 17.6 Å². The highest BCUT2D eigenvalue weighted by Gasteiger charge is 2.22. The topological polar surface area (TPSA) is 91.0 Å². The van der Waals surface area contributed by atoms with E-state index >= 15 is 0 Å². The molecular weight excluding hydrogens is 447 g/mol. The number of morpholine rings is 1. The molecule has 2 N–H and O–H groups in total. The van der Waals surface area contributed by atoms with Crippen molar-refractivity contribution in [3.05, 3.63) is 53.8 Å². The van der Waals surface area contributed by atoms with Gasteiger partial charge in [0.1, 0.15) is 5.82 Å². The minimum atomic E-state index is -3.92. The van der Waals surface area contributed by atoms with Crippen LogP contribution in [-0.4, -0.2) is 71.7 Å². The number of rotatable bonds is 8. The average molecular weight is 477 g/mol. The van der Waals surface area contributed by atoms with Crippen LogP contribution in [0.15, 0.2) is 47.4 Å². The summed E-state index contributed by atoms with van der Waals surface area (Å²) in [5, 5.41) is 2.97. The van der Waals surface area contributed by atoms with Crippen molar-refractivity contribution in [2.24, 2.45) is 0 Å². The molecule has 2 heterocycles. The monoisotopic (exact) mass is 476 g/mol. The van der Waals surface area contributed by atoms with Gasteiger partial charge in [0, 0.05) is 50.6 Å². The third-order valence-electron chi connectivity index (χ3n) is 5.88. The molecule has 2 aromatic carbocycles. The fourth-order valence-corrected chi connectivity index (χ4v) is 5.14. The fourth-order valence-electron chi connectivity index (χ4n) is 4.09. The van der Waals surface area contributed by atoms with Gasteiger partial charge in [0.15, 0.2) is 0 Å². The molecule has 4 rings (SSSR count). The van der Waals surface area contributed by atoms with Crippen LogP contribution in [-0.2, 0) is 14.8 Å². The smallest absolute Gasteiger partial charge is 0.261 e. The number of anilines is 2. The molecule has 0 atom stereocenters. The zero-order chi connectivity index (χ0) is 23.3. The number of benzene rings is 2. The van der Waals surface area contributed by atoms with Crippen molar-refractivity contribution in [1.82, 2.24) is 10.2 Å². The summed E-state index contributed by atoms with van der Waals surface area (Å²) in [6.45, 7) is 6.01. The maximum absolute atomic E-state index is 13.2. The molecule has 0 unspecified atom stereocenters. The minimum absolute atomic E-state index is 0.0518. The molecule has 0 aliphatic carbocycles. The van der Waals surface area contributed by atoms with E-state index in [0.717, 1.165) is 63.4 Å². The number of sulfonamides is 1. The largest absolute Gasteiger partial charge is 0.379 e. The van der Waals surface area contributed by atoms with Crippen LogP contribution >= 0.6 is 0 Å². The van der Waals surface area contributed by atoms with E-state index in [1.807, 2.05) is 0 Å². The maximum atomic E-state index is 13.2. The Bertz CT molecular complexity index is 1070. The molecular formula is C23H29FN4O4S. The van der Waals surface area contributed by atoms with E-state index in [-0.39, 0.29) is 16.5 Å². The number of hydrogen-bond acceptors (Lipinski definition) is 6. The maximum Gasteiger partial charge on any atom is 0.261 e. The van der Waals surface area contributed by atoms with Gasteiger partial charge in [-0.3, -0.25) is 14.4 Å². The molecule has 1 amide bonds. The molecule has 2 saturated heterocycles. The van der Waals surface area contributed by atoms with Gasteiger partial charge < -0.3 is 15.0 Å². The lowest BCUT2D eigenvalue weighted by atomic mass is 10.1. The normalized spacial score (nSPS) is 17.2. The molecule has 0 saturated carbocycles. The van der Waals surface area contributed by atoms with Gasteiger partial charge in [0.25, 0.3) is 15.9 Å². The second kappa shape index (κ2) is 10.5. The second-order valence-electron chi connectivity index (χ2n) is 8.20. The first-order valence-electron chi connectivity index (χ1n) is 11.2. The molecule has 2 aliphatic heterocycles. The molecule has 178 valence electrons. The first kappa shape index (κ1) is 23.5. The molecule has 0 aromatic heterocycles. The zero-order valence-corrected chi connectivity index (χ0v) is 19.2. The Hall–Kier alpha value is -2.69. The van der Waals surface area contributed by atoms with Gasteiger partial charge in [-0.1, -0.05) is 0 Å². The first-order chi connectivity index (χ1) is 15.9. The highest BCUT2D eigenvalue weighted by Crippen LogP contribution is 2.28. The molecule has 0 spiro atoms. The van der Waals surface area contributed by atoms with Crippen molar-refractivity contribution in [2.45, 2.75) is 17.7 Å². The molecule has 2 aliphatic rings. The SMILES string of the molecule is O=C(NCCN1CCOCC1)c1cc(NS(=O)(=O)c2ccc(F)cc2)ccc1N1CCCC1. The number of nitrogens with zero attached hydrogens (tertiary/aromatic N) is 2. The van der Waals surface area contributed by atoms with Gasteiger partial charge in [-0.05, 0) is 55.3 Å². The van der Waals surface area contributed by atoms with Crippen LogP contribution in [0.5, 0.6) is 0 Å². The second-order valence-corrected chi connectivity index (χ2v) is 9.88. The van der Waals surface area contributed by atoms with Gasteiger partial charge in [0.2, 0.25) is 0 Å². The van der Waals surface area contributed by atoms with Gasteiger partial charge in [-0.2, -0.15) is 0 Å². The van der Waals surface area contributed by atoms with Crippen LogP contribution in [0.1, 0.15) is 23.2 Å². The molecule has 2 aromatic rings. The van der Waals surface area contributed by atoms with Crippen molar-refractivity contribution < 1.29 is 22.3 Å². The first-order valence-corrected chi connectivity index (χ1v) is 12.7. The van der Waals surface area contributed by atoms with Gasteiger partial charge in [-0.15, -0.1) is 0 Å². The molecule has 33 heavy (non-hydrogen) atoms. The van der Waals surface area contributed by atoms with Crippen LogP contribution in [0.3, 0.4) is 0 Å². The standard InChI is InChI=1S/C23H29FN4O4S/c24-18-3-6-20(7-4-18)33(30,31)26-19-5-8-22(28-10-1-2-11-28)21(17-19)23(29)25-9-12-27-13-15-32-16-14-27/h3-8,17,26H,1-2,9-16H2,(H,25,29). The molecule has 0 radical (unpaired) electrons. The predicted molar refractivity (Wildman–Crippen MR) is 125 cm³/mol. The highest BCUT2D eigenvalue weighted by molar-refractivity contribution is 7.92. The summed E-state index contributed by atoms with van der Waals surface area (Å²) in [6, 6.07) is 9.60. The molecule has 8 nitrogen and oxygen atoms in total. The number of amides is 1. The minimum Gasteiger partial charge on any atom is -0.379 e. The summed E-state index contributed by atoms with van der Waals surface area (Å²) in [6.07, 6.45) is 2.11. The summed E-state index contributed by atoms with van der Waals surface area (Å²) in [5.74, 6) is -0.757. The van der Waals surface area contributed by atoms with Crippen LogP contribution in [0.2, 0.25) is 0 Å². The number of halogens is 1. The predicted octanol–water partition coefficient (Wildman–Crippen LogP) is 2.29. The van der Waals surface area contributed by atoms with Crippen LogP contribution in [0, 0.1) is 5.82 Å². The summed E-state index contributed by atoms with van der Waals surface area (Å²) >= 11 is 0. The van der Waals surface area contributed by atoms with Crippen molar-refractivity contribution in [2.75, 3.05) is 62.1 Å². The Balaban J connectivity index is 1.51. The molecule has 2 fully saturated rings. The van der Waals surface area contributed by atoms with Crippen molar-refractivity contribution >= 4 is 27.3 Å². The van der Waals surface area contributed by atoms with E-state index in [1.165, 1.54) is 12.1 Å². The Kier molecular flexibility index (Phi) is 7.46. The number of ether oxygens (including phenoxy) is 1. The Morgan fingerprint density at radius 2 is 1.70 bits per heavy atom.